The third kappa shape index (κ3) is 1.37. The normalized spacial score (nSPS) is 55.3. The van der Waals surface area contributed by atoms with E-state index in [-0.39, 0.29) is 11.2 Å². The van der Waals surface area contributed by atoms with Crippen LogP contribution in [0.15, 0.2) is 91.0 Å². The van der Waals surface area contributed by atoms with Gasteiger partial charge in [0, 0.05) is 0 Å². The van der Waals surface area contributed by atoms with Crippen molar-refractivity contribution in [3.8, 4) is 0 Å². The Morgan fingerprint density at radius 2 is 0.943 bits per heavy atom. The van der Waals surface area contributed by atoms with E-state index in [1.54, 1.807) is 0 Å². The monoisotopic (exact) mass is 476 g/mol. The molecule has 0 N–H and O–H groups in total. The Morgan fingerprint density at radius 1 is 0.514 bits per heavy atom. The zero-order valence-electron chi connectivity index (χ0n) is 19.6. The van der Waals surface area contributed by atoms with Gasteiger partial charge in [0.25, 0.3) is 0 Å². The first-order valence-electron chi connectivity index (χ1n) is 13.9. The molecule has 9 aliphatic rings. The summed E-state index contributed by atoms with van der Waals surface area (Å²) in [7, 11) is -3.65. The second kappa shape index (κ2) is 5.06. The minimum atomic E-state index is -3.65. The van der Waals surface area contributed by atoms with Gasteiger partial charge >= 0.3 is 206 Å². The van der Waals surface area contributed by atoms with Gasteiger partial charge in [-0.15, -0.1) is 0 Å². The van der Waals surface area contributed by atoms with Crippen LogP contribution in [0, 0.1) is 59.2 Å². The van der Waals surface area contributed by atoms with Crippen molar-refractivity contribution < 1.29 is 9.05 Å². The van der Waals surface area contributed by atoms with Crippen LogP contribution in [0.5, 0.6) is 0 Å². The summed E-state index contributed by atoms with van der Waals surface area (Å²) < 4.78 is 16.6. The molecule has 9 fully saturated rings. The van der Waals surface area contributed by atoms with Gasteiger partial charge in [-0.05, 0) is 0 Å². The Hall–Kier alpha value is -1.99. The van der Waals surface area contributed by atoms with E-state index in [4.69, 9.17) is 9.05 Å². The van der Waals surface area contributed by atoms with Crippen molar-refractivity contribution in [3.63, 3.8) is 0 Å². The van der Waals surface area contributed by atoms with E-state index in [0.717, 1.165) is 59.2 Å². The summed E-state index contributed by atoms with van der Waals surface area (Å²) >= 11 is 0. The molecule has 3 heteroatoms. The van der Waals surface area contributed by atoms with Gasteiger partial charge in [0.15, 0.2) is 0 Å². The van der Waals surface area contributed by atoms with Gasteiger partial charge in [0.1, 0.15) is 0 Å². The second-order valence-corrected chi connectivity index (χ2v) is 16.9. The van der Waals surface area contributed by atoms with Gasteiger partial charge in [-0.25, -0.2) is 0 Å². The van der Waals surface area contributed by atoms with Crippen molar-refractivity contribution in [1.82, 2.24) is 0 Å². The van der Waals surface area contributed by atoms with Crippen molar-refractivity contribution in [3.05, 3.63) is 91.0 Å². The molecule has 12 rings (SSSR count). The quantitative estimate of drug-likeness (QED) is 0.501. The van der Waals surface area contributed by atoms with Gasteiger partial charge < -0.3 is 0 Å². The van der Waals surface area contributed by atoms with Crippen LogP contribution >= 0.6 is 7.06 Å². The van der Waals surface area contributed by atoms with Gasteiger partial charge in [-0.3, -0.25) is 0 Å². The molecule has 8 saturated carbocycles. The van der Waals surface area contributed by atoms with Crippen molar-refractivity contribution >= 4 is 23.0 Å². The van der Waals surface area contributed by atoms with Crippen LogP contribution in [0.2, 0.25) is 0 Å². The molecule has 2 nitrogen and oxygen atoms in total. The summed E-state index contributed by atoms with van der Waals surface area (Å²) in [5.74, 6) is 8.47. The van der Waals surface area contributed by atoms with Crippen LogP contribution in [-0.2, 0) is 9.05 Å². The molecule has 35 heavy (non-hydrogen) atoms. The topological polar surface area (TPSA) is 18.5 Å². The van der Waals surface area contributed by atoms with Gasteiger partial charge in [0.2, 0.25) is 0 Å². The van der Waals surface area contributed by atoms with E-state index in [1.165, 1.54) is 28.8 Å². The molecule has 2 spiro atoms. The fraction of sp³-hybridized carbons (Fsp3) is 0.438. The molecular weight excluding hydrogens is 447 g/mol. The molecule has 3 aromatic rings. The maximum absolute atomic E-state index is 8.31. The molecule has 8 aliphatic carbocycles. The summed E-state index contributed by atoms with van der Waals surface area (Å²) in [5, 5.41) is 3.79. The summed E-state index contributed by atoms with van der Waals surface area (Å²) in [6, 6.07) is 33.5. The first-order chi connectivity index (χ1) is 17.3. The second-order valence-electron chi connectivity index (χ2n) is 13.1. The predicted molar refractivity (Wildman–Crippen MR) is 137 cm³/mol. The fourth-order valence-corrected chi connectivity index (χ4v) is 19.0. The van der Waals surface area contributed by atoms with E-state index in [0.29, 0.717) is 0 Å². The standard InChI is InChI=1S/C32H29O2P/c1-4-10-18(11-5-1)35(19-12-6-2-7-13-19,20-14-8-3-9-15-20)33-31-23-17-24-28-26-21-16-22(29(31)25(21)27(23)28)30(26)32(24,31)34-35/h1-15,21-30H,16-17H2/t21?,22?,23-,24+,25+,26-,27+,28-,29+,30-,31-,32-/m0/s1. The summed E-state index contributed by atoms with van der Waals surface area (Å²) in [6.45, 7) is 0. The molecule has 3 aromatic carbocycles. The van der Waals surface area contributed by atoms with E-state index >= 15 is 0 Å². The van der Waals surface area contributed by atoms with Crippen LogP contribution in [0.25, 0.3) is 0 Å². The molecule has 1 aliphatic heterocycles. The number of benzene rings is 3. The fourth-order valence-electron chi connectivity index (χ4n) is 13.3. The van der Waals surface area contributed by atoms with Crippen LogP contribution in [0.3, 0.4) is 0 Å². The van der Waals surface area contributed by atoms with E-state index < -0.39 is 7.06 Å². The Morgan fingerprint density at radius 3 is 1.37 bits per heavy atom. The van der Waals surface area contributed by atoms with E-state index in [1.807, 2.05) is 0 Å². The average molecular weight is 477 g/mol. The van der Waals surface area contributed by atoms with Gasteiger partial charge in [-0.2, -0.15) is 0 Å². The Kier molecular flexibility index (Phi) is 2.64. The first-order valence-corrected chi connectivity index (χ1v) is 16.0. The molecule has 12 atom stereocenters. The molecule has 4 bridgehead atoms. The average Bonchev–Trinajstić information content (AvgIpc) is 3.74. The number of rotatable bonds is 3. The van der Waals surface area contributed by atoms with E-state index in [9.17, 15) is 0 Å². The summed E-state index contributed by atoms with van der Waals surface area (Å²) in [4.78, 5) is 0. The summed E-state index contributed by atoms with van der Waals surface area (Å²) in [5.41, 5.74) is -0.143. The third-order valence-corrected chi connectivity index (χ3v) is 18.1. The summed E-state index contributed by atoms with van der Waals surface area (Å²) in [6.07, 6.45) is 2.85. The van der Waals surface area contributed by atoms with E-state index in [2.05, 4.69) is 91.0 Å². The first kappa shape index (κ1) is 18.3. The molecule has 2 unspecified atom stereocenters. The SMILES string of the molecule is c1ccc(P2(c3ccccc3)(c3ccccc3)O[C@@]34[C@@H]5C6CC7[C@@H]5[C@@H]5[C@@H]8[C@H]7[C@H]6[C@@]3(O2)[C@@H]8C[C@@H]54)cc1. The predicted octanol–water partition coefficient (Wildman–Crippen LogP) is 4.91. The van der Waals surface area contributed by atoms with Gasteiger partial charge in [0.05, 0.1) is 0 Å². The van der Waals surface area contributed by atoms with Gasteiger partial charge in [-0.1, -0.05) is 0 Å². The Bertz CT molecular complexity index is 1310. The molecule has 0 aromatic heterocycles. The number of hydrogen-bond donors (Lipinski definition) is 0. The van der Waals surface area contributed by atoms with Crippen molar-refractivity contribution in [2.45, 2.75) is 24.0 Å². The third-order valence-electron chi connectivity index (χ3n) is 13.1. The van der Waals surface area contributed by atoms with Crippen LogP contribution < -0.4 is 15.9 Å². The van der Waals surface area contributed by atoms with Crippen LogP contribution in [0.4, 0.5) is 0 Å². The van der Waals surface area contributed by atoms with Crippen LogP contribution in [-0.4, -0.2) is 11.2 Å². The molecule has 0 amide bonds. The molecule has 1 heterocycles. The maximum atomic E-state index is 8.31. The van der Waals surface area contributed by atoms with Crippen molar-refractivity contribution in [2.24, 2.45) is 59.2 Å². The Balaban J connectivity index is 1.32. The zero-order chi connectivity index (χ0) is 22.4. The van der Waals surface area contributed by atoms with Crippen molar-refractivity contribution in [2.75, 3.05) is 0 Å². The van der Waals surface area contributed by atoms with Crippen molar-refractivity contribution in [1.29, 1.82) is 0 Å². The molecular formula is C32H29O2P. The number of hydrogen-bond acceptors (Lipinski definition) is 2. The molecule has 0 radical (unpaired) electrons. The molecule has 1 saturated heterocycles. The Labute approximate surface area is 206 Å². The zero-order valence-corrected chi connectivity index (χ0v) is 20.5. The van der Waals surface area contributed by atoms with Crippen LogP contribution in [0.1, 0.15) is 12.8 Å². The molecule has 174 valence electrons. The minimum absolute atomic E-state index is 0.0713.